The Morgan fingerprint density at radius 3 is 2.88 bits per heavy atom. The molecule has 2 atom stereocenters. The van der Waals surface area contributed by atoms with Crippen molar-refractivity contribution in [2.24, 2.45) is 5.92 Å². The van der Waals surface area contributed by atoms with Crippen molar-refractivity contribution >= 4 is 11.6 Å². The molecule has 0 aliphatic carbocycles. The summed E-state index contributed by atoms with van der Waals surface area (Å²) in [6.45, 7) is 7.27. The first-order valence-corrected chi connectivity index (χ1v) is 6.29. The second-order valence-corrected chi connectivity index (χ2v) is 4.87. The van der Waals surface area contributed by atoms with Crippen LogP contribution in [0.15, 0.2) is 18.2 Å². The molecule has 92 valence electrons. The molecule has 2 rings (SSSR count). The molecule has 0 radical (unpaired) electrons. The molecule has 3 heteroatoms. The van der Waals surface area contributed by atoms with Gasteiger partial charge in [0, 0.05) is 23.8 Å². The lowest BCUT2D eigenvalue weighted by Crippen LogP contribution is -2.23. The van der Waals surface area contributed by atoms with Gasteiger partial charge < -0.3 is 10.6 Å². The summed E-state index contributed by atoms with van der Waals surface area (Å²) in [7, 11) is 0. The van der Waals surface area contributed by atoms with Gasteiger partial charge in [-0.25, -0.2) is 0 Å². The van der Waals surface area contributed by atoms with Gasteiger partial charge in [-0.05, 0) is 30.5 Å². The molecule has 0 unspecified atom stereocenters. The maximum absolute atomic E-state index is 11.6. The number of amides is 1. The van der Waals surface area contributed by atoms with Gasteiger partial charge in [0.25, 0.3) is 5.91 Å². The number of hydrogen-bond donors (Lipinski definition) is 2. The summed E-state index contributed by atoms with van der Waals surface area (Å²) in [6, 6.07) is 6.45. The molecule has 0 spiro atoms. The normalized spacial score (nSPS) is 17.2. The van der Waals surface area contributed by atoms with Gasteiger partial charge in [0.1, 0.15) is 0 Å². The highest BCUT2D eigenvalue weighted by atomic mass is 16.1. The molecule has 0 aromatic heterocycles. The molecule has 1 aromatic carbocycles. The Labute approximate surface area is 103 Å². The number of hydrogen-bond acceptors (Lipinski definition) is 2. The summed E-state index contributed by atoms with van der Waals surface area (Å²) in [6.07, 6.45) is 1.15. The zero-order chi connectivity index (χ0) is 12.4. The van der Waals surface area contributed by atoms with E-state index < -0.39 is 0 Å². The van der Waals surface area contributed by atoms with E-state index in [9.17, 15) is 4.79 Å². The number of carbonyl (C=O) groups is 1. The van der Waals surface area contributed by atoms with Crippen molar-refractivity contribution in [3.63, 3.8) is 0 Å². The Balaban J connectivity index is 2.13. The Kier molecular flexibility index (Phi) is 3.36. The van der Waals surface area contributed by atoms with Crippen molar-refractivity contribution < 1.29 is 4.79 Å². The Morgan fingerprint density at radius 2 is 2.18 bits per heavy atom. The minimum absolute atomic E-state index is 0.0415. The molecule has 0 fully saturated rings. The third-order valence-corrected chi connectivity index (χ3v) is 3.69. The van der Waals surface area contributed by atoms with Crippen LogP contribution >= 0.6 is 0 Å². The van der Waals surface area contributed by atoms with Crippen molar-refractivity contribution in [2.75, 3.05) is 5.32 Å². The Morgan fingerprint density at radius 1 is 1.41 bits per heavy atom. The van der Waals surface area contributed by atoms with E-state index in [0.29, 0.717) is 18.5 Å². The highest BCUT2D eigenvalue weighted by Crippen LogP contribution is 2.22. The van der Waals surface area contributed by atoms with Crippen LogP contribution in [0.3, 0.4) is 0 Å². The van der Waals surface area contributed by atoms with Gasteiger partial charge >= 0.3 is 0 Å². The SMILES string of the molecule is CC[C@H](C)[C@H](C)Nc1ccc2c(c1)C(=O)NC2. The van der Waals surface area contributed by atoms with Crippen LogP contribution in [-0.2, 0) is 6.54 Å². The molecule has 0 saturated heterocycles. The van der Waals surface area contributed by atoms with Crippen molar-refractivity contribution in [2.45, 2.75) is 39.8 Å². The van der Waals surface area contributed by atoms with E-state index in [0.717, 1.165) is 23.2 Å². The number of carbonyl (C=O) groups excluding carboxylic acids is 1. The minimum Gasteiger partial charge on any atom is -0.382 e. The van der Waals surface area contributed by atoms with Crippen LogP contribution in [0.5, 0.6) is 0 Å². The number of fused-ring (bicyclic) bond motifs is 1. The zero-order valence-corrected chi connectivity index (χ0v) is 10.7. The molecule has 0 bridgehead atoms. The van der Waals surface area contributed by atoms with Gasteiger partial charge in [-0.2, -0.15) is 0 Å². The van der Waals surface area contributed by atoms with Crippen LogP contribution in [0, 0.1) is 5.92 Å². The molecule has 1 aliphatic rings. The molecule has 2 N–H and O–H groups in total. The van der Waals surface area contributed by atoms with Crippen LogP contribution in [-0.4, -0.2) is 11.9 Å². The summed E-state index contributed by atoms with van der Waals surface area (Å²) in [4.78, 5) is 11.6. The van der Waals surface area contributed by atoms with Crippen LogP contribution in [0.25, 0.3) is 0 Å². The van der Waals surface area contributed by atoms with Crippen LogP contribution in [0.1, 0.15) is 43.1 Å². The summed E-state index contributed by atoms with van der Waals surface area (Å²) >= 11 is 0. The predicted octanol–water partition coefficient (Wildman–Crippen LogP) is 2.78. The smallest absolute Gasteiger partial charge is 0.251 e. The van der Waals surface area contributed by atoms with E-state index in [1.165, 1.54) is 0 Å². The second-order valence-electron chi connectivity index (χ2n) is 4.87. The average molecular weight is 232 g/mol. The van der Waals surface area contributed by atoms with Crippen LogP contribution < -0.4 is 10.6 Å². The number of benzene rings is 1. The van der Waals surface area contributed by atoms with E-state index in [1.54, 1.807) is 0 Å². The molecular weight excluding hydrogens is 212 g/mol. The molecule has 1 heterocycles. The lowest BCUT2D eigenvalue weighted by Gasteiger charge is -2.21. The lowest BCUT2D eigenvalue weighted by atomic mass is 10.0. The Hall–Kier alpha value is -1.51. The van der Waals surface area contributed by atoms with Crippen molar-refractivity contribution in [3.8, 4) is 0 Å². The van der Waals surface area contributed by atoms with E-state index in [4.69, 9.17) is 0 Å². The third kappa shape index (κ3) is 2.43. The minimum atomic E-state index is 0.0415. The summed E-state index contributed by atoms with van der Waals surface area (Å²) in [5, 5.41) is 6.30. The number of nitrogens with one attached hydrogen (secondary N) is 2. The first-order valence-electron chi connectivity index (χ1n) is 6.29. The number of rotatable bonds is 4. The largest absolute Gasteiger partial charge is 0.382 e. The zero-order valence-electron chi connectivity index (χ0n) is 10.7. The quantitative estimate of drug-likeness (QED) is 0.838. The van der Waals surface area contributed by atoms with Gasteiger partial charge in [0.05, 0.1) is 0 Å². The van der Waals surface area contributed by atoms with E-state index >= 15 is 0 Å². The van der Waals surface area contributed by atoms with Crippen LogP contribution in [0.2, 0.25) is 0 Å². The highest BCUT2D eigenvalue weighted by molar-refractivity contribution is 5.99. The molecule has 0 saturated carbocycles. The monoisotopic (exact) mass is 232 g/mol. The highest BCUT2D eigenvalue weighted by Gasteiger charge is 2.19. The fraction of sp³-hybridized carbons (Fsp3) is 0.500. The summed E-state index contributed by atoms with van der Waals surface area (Å²) in [5.74, 6) is 0.664. The molecule has 1 amide bonds. The first-order chi connectivity index (χ1) is 8.11. The first kappa shape index (κ1) is 12.0. The van der Waals surface area contributed by atoms with Gasteiger partial charge in [-0.15, -0.1) is 0 Å². The predicted molar refractivity (Wildman–Crippen MR) is 70.2 cm³/mol. The summed E-state index contributed by atoms with van der Waals surface area (Å²) in [5.41, 5.74) is 2.94. The molecule has 1 aliphatic heterocycles. The van der Waals surface area contributed by atoms with Crippen molar-refractivity contribution in [1.29, 1.82) is 0 Å². The van der Waals surface area contributed by atoms with Gasteiger partial charge in [-0.3, -0.25) is 4.79 Å². The van der Waals surface area contributed by atoms with Gasteiger partial charge in [0.2, 0.25) is 0 Å². The van der Waals surface area contributed by atoms with Crippen molar-refractivity contribution in [3.05, 3.63) is 29.3 Å². The lowest BCUT2D eigenvalue weighted by molar-refractivity contribution is 0.0966. The average Bonchev–Trinajstić information content (AvgIpc) is 2.70. The fourth-order valence-corrected chi connectivity index (χ4v) is 2.06. The fourth-order valence-electron chi connectivity index (χ4n) is 2.06. The molecular formula is C14H20N2O. The maximum atomic E-state index is 11.6. The van der Waals surface area contributed by atoms with Crippen molar-refractivity contribution in [1.82, 2.24) is 5.32 Å². The van der Waals surface area contributed by atoms with Gasteiger partial charge in [-0.1, -0.05) is 26.3 Å². The standard InChI is InChI=1S/C14H20N2O/c1-4-9(2)10(3)16-12-6-5-11-8-15-14(17)13(11)7-12/h5-7,9-10,16H,4,8H2,1-3H3,(H,15,17)/t9-,10-/m0/s1. The second kappa shape index (κ2) is 4.78. The maximum Gasteiger partial charge on any atom is 0.251 e. The molecule has 17 heavy (non-hydrogen) atoms. The van der Waals surface area contributed by atoms with E-state index in [-0.39, 0.29) is 5.91 Å². The van der Waals surface area contributed by atoms with E-state index in [2.05, 4.69) is 37.5 Å². The molecule has 1 aromatic rings. The number of anilines is 1. The van der Waals surface area contributed by atoms with E-state index in [1.807, 2.05) is 12.1 Å². The van der Waals surface area contributed by atoms with Gasteiger partial charge in [0.15, 0.2) is 0 Å². The Bertz CT molecular complexity index is 428. The molecule has 3 nitrogen and oxygen atoms in total. The third-order valence-electron chi connectivity index (χ3n) is 3.69. The van der Waals surface area contributed by atoms with Crippen LogP contribution in [0.4, 0.5) is 5.69 Å². The topological polar surface area (TPSA) is 41.1 Å². The summed E-state index contributed by atoms with van der Waals surface area (Å²) < 4.78 is 0.